The van der Waals surface area contributed by atoms with Crippen molar-refractivity contribution in [3.63, 3.8) is 0 Å². The van der Waals surface area contributed by atoms with Crippen LogP contribution in [0.15, 0.2) is 78.4 Å². The second kappa shape index (κ2) is 9.85. The van der Waals surface area contributed by atoms with Gasteiger partial charge in [0.25, 0.3) is 5.91 Å². The van der Waals surface area contributed by atoms with E-state index in [4.69, 9.17) is 9.47 Å². The standard InChI is InChI=1S/C24H17FN2O4/c1-30-19-12-8-17(9-13-19)24(29)31-20-10-6-16(7-11-20)14-18(15-26)23(28)27-22-5-3-2-4-21(22)25/h2-14H,1H3,(H,27,28). The number of anilines is 1. The van der Waals surface area contributed by atoms with Crippen molar-refractivity contribution in [3.05, 3.63) is 95.3 Å². The van der Waals surface area contributed by atoms with Crippen LogP contribution in [-0.2, 0) is 4.79 Å². The van der Waals surface area contributed by atoms with Crippen LogP contribution in [0.2, 0.25) is 0 Å². The van der Waals surface area contributed by atoms with Crippen LogP contribution in [-0.4, -0.2) is 19.0 Å². The maximum atomic E-state index is 13.7. The third kappa shape index (κ3) is 5.55. The first kappa shape index (κ1) is 21.3. The van der Waals surface area contributed by atoms with Gasteiger partial charge in [-0.3, -0.25) is 4.79 Å². The van der Waals surface area contributed by atoms with Crippen LogP contribution < -0.4 is 14.8 Å². The van der Waals surface area contributed by atoms with Gasteiger partial charge in [-0.2, -0.15) is 5.26 Å². The molecule has 0 heterocycles. The van der Waals surface area contributed by atoms with E-state index in [1.54, 1.807) is 48.5 Å². The molecule has 7 heteroatoms. The van der Waals surface area contributed by atoms with Gasteiger partial charge >= 0.3 is 5.97 Å². The van der Waals surface area contributed by atoms with Gasteiger partial charge < -0.3 is 14.8 Å². The molecule has 31 heavy (non-hydrogen) atoms. The van der Waals surface area contributed by atoms with Crippen molar-refractivity contribution in [1.29, 1.82) is 5.26 Å². The lowest BCUT2D eigenvalue weighted by molar-refractivity contribution is -0.112. The summed E-state index contributed by atoms with van der Waals surface area (Å²) in [7, 11) is 1.53. The van der Waals surface area contributed by atoms with E-state index in [1.807, 2.05) is 0 Å². The fraction of sp³-hybridized carbons (Fsp3) is 0.0417. The van der Waals surface area contributed by atoms with Gasteiger partial charge in [0.1, 0.15) is 29.0 Å². The number of nitrogens with zero attached hydrogens (tertiary/aromatic N) is 1. The lowest BCUT2D eigenvalue weighted by Gasteiger charge is -2.06. The van der Waals surface area contributed by atoms with Gasteiger partial charge in [-0.1, -0.05) is 24.3 Å². The fourth-order valence-corrected chi connectivity index (χ4v) is 2.59. The van der Waals surface area contributed by atoms with E-state index in [9.17, 15) is 19.2 Å². The van der Waals surface area contributed by atoms with Crippen LogP contribution in [0.25, 0.3) is 6.08 Å². The smallest absolute Gasteiger partial charge is 0.343 e. The van der Waals surface area contributed by atoms with Crippen LogP contribution in [0.1, 0.15) is 15.9 Å². The zero-order chi connectivity index (χ0) is 22.2. The fourth-order valence-electron chi connectivity index (χ4n) is 2.59. The highest BCUT2D eigenvalue weighted by atomic mass is 19.1. The van der Waals surface area contributed by atoms with Gasteiger partial charge in [-0.05, 0) is 60.2 Å². The molecular formula is C24H17FN2O4. The van der Waals surface area contributed by atoms with Gasteiger partial charge in [0.2, 0.25) is 0 Å². The Hall–Kier alpha value is -4.44. The first-order valence-electron chi connectivity index (χ1n) is 9.14. The third-order valence-electron chi connectivity index (χ3n) is 4.21. The minimum Gasteiger partial charge on any atom is -0.497 e. The number of carbonyl (C=O) groups is 2. The molecule has 1 N–H and O–H groups in total. The largest absolute Gasteiger partial charge is 0.497 e. The Morgan fingerprint density at radius 2 is 1.61 bits per heavy atom. The molecular weight excluding hydrogens is 399 g/mol. The van der Waals surface area contributed by atoms with Gasteiger partial charge in [0, 0.05) is 0 Å². The summed E-state index contributed by atoms with van der Waals surface area (Å²) in [6, 6.07) is 20.2. The van der Waals surface area contributed by atoms with E-state index in [0.29, 0.717) is 22.6 Å². The Labute approximate surface area is 178 Å². The topological polar surface area (TPSA) is 88.4 Å². The minimum atomic E-state index is -0.734. The number of halogens is 1. The minimum absolute atomic E-state index is 0.0190. The number of methoxy groups -OCH3 is 1. The lowest BCUT2D eigenvalue weighted by Crippen LogP contribution is -2.14. The molecule has 0 aliphatic rings. The van der Waals surface area contributed by atoms with Crippen molar-refractivity contribution in [2.24, 2.45) is 0 Å². The number of hydrogen-bond donors (Lipinski definition) is 1. The highest BCUT2D eigenvalue weighted by Gasteiger charge is 2.12. The Morgan fingerprint density at radius 3 is 2.23 bits per heavy atom. The van der Waals surface area contributed by atoms with Crippen molar-refractivity contribution in [2.75, 3.05) is 12.4 Å². The molecule has 0 atom stereocenters. The predicted octanol–water partition coefficient (Wildman–Crippen LogP) is 4.60. The van der Waals surface area contributed by atoms with E-state index >= 15 is 0 Å². The SMILES string of the molecule is COc1ccc(C(=O)Oc2ccc(C=C(C#N)C(=O)Nc3ccccc3F)cc2)cc1. The van der Waals surface area contributed by atoms with E-state index in [2.05, 4.69) is 5.32 Å². The molecule has 1 amide bonds. The Bertz CT molecular complexity index is 1160. The van der Waals surface area contributed by atoms with Crippen molar-refractivity contribution < 1.29 is 23.5 Å². The molecule has 0 aromatic heterocycles. The first-order valence-corrected chi connectivity index (χ1v) is 9.14. The molecule has 6 nitrogen and oxygen atoms in total. The molecule has 0 radical (unpaired) electrons. The van der Waals surface area contributed by atoms with E-state index in [1.165, 1.54) is 43.5 Å². The monoisotopic (exact) mass is 416 g/mol. The highest BCUT2D eigenvalue weighted by Crippen LogP contribution is 2.19. The summed E-state index contributed by atoms with van der Waals surface area (Å²) in [5, 5.41) is 11.7. The molecule has 0 fully saturated rings. The van der Waals surface area contributed by atoms with Crippen LogP contribution >= 0.6 is 0 Å². The third-order valence-corrected chi connectivity index (χ3v) is 4.21. The molecule has 0 aliphatic carbocycles. The summed E-state index contributed by atoms with van der Waals surface area (Å²) in [5.41, 5.74) is 0.673. The summed E-state index contributed by atoms with van der Waals surface area (Å²) in [5.74, 6) is -0.945. The Balaban J connectivity index is 1.68. The summed E-state index contributed by atoms with van der Waals surface area (Å²) in [6.45, 7) is 0. The van der Waals surface area contributed by atoms with Crippen LogP contribution in [0.3, 0.4) is 0 Å². The quantitative estimate of drug-likeness (QED) is 0.275. The van der Waals surface area contributed by atoms with Gasteiger partial charge in [-0.15, -0.1) is 0 Å². The van der Waals surface area contributed by atoms with Gasteiger partial charge in [0.05, 0.1) is 18.4 Å². The summed E-state index contributed by atoms with van der Waals surface area (Å²) in [6.07, 6.45) is 1.35. The maximum Gasteiger partial charge on any atom is 0.343 e. The molecule has 3 rings (SSSR count). The molecule has 0 saturated heterocycles. The van der Waals surface area contributed by atoms with Crippen LogP contribution in [0.5, 0.6) is 11.5 Å². The predicted molar refractivity (Wildman–Crippen MR) is 113 cm³/mol. The second-order valence-electron chi connectivity index (χ2n) is 6.29. The number of amides is 1. The average Bonchev–Trinajstić information content (AvgIpc) is 2.80. The Kier molecular flexibility index (Phi) is 6.76. The summed E-state index contributed by atoms with van der Waals surface area (Å²) >= 11 is 0. The number of ether oxygens (including phenoxy) is 2. The number of carbonyl (C=O) groups excluding carboxylic acids is 2. The molecule has 0 bridgehead atoms. The van der Waals surface area contributed by atoms with Crippen molar-refractivity contribution in [1.82, 2.24) is 0 Å². The lowest BCUT2D eigenvalue weighted by atomic mass is 10.1. The molecule has 0 saturated carbocycles. The van der Waals surface area contributed by atoms with Gasteiger partial charge in [-0.25, -0.2) is 9.18 Å². The average molecular weight is 416 g/mol. The van der Waals surface area contributed by atoms with E-state index < -0.39 is 17.7 Å². The highest BCUT2D eigenvalue weighted by molar-refractivity contribution is 6.09. The zero-order valence-electron chi connectivity index (χ0n) is 16.5. The Morgan fingerprint density at radius 1 is 0.968 bits per heavy atom. The number of benzene rings is 3. The van der Waals surface area contributed by atoms with Gasteiger partial charge in [0.15, 0.2) is 0 Å². The number of esters is 1. The van der Waals surface area contributed by atoms with E-state index in [0.717, 1.165) is 0 Å². The van der Waals surface area contributed by atoms with Crippen molar-refractivity contribution in [2.45, 2.75) is 0 Å². The van der Waals surface area contributed by atoms with Crippen molar-refractivity contribution >= 4 is 23.6 Å². The molecule has 0 unspecified atom stereocenters. The molecule has 3 aromatic carbocycles. The number of para-hydroxylation sites is 1. The number of rotatable bonds is 6. The first-order chi connectivity index (χ1) is 15.0. The summed E-state index contributed by atoms with van der Waals surface area (Å²) < 4.78 is 24.1. The zero-order valence-corrected chi connectivity index (χ0v) is 16.5. The molecule has 0 spiro atoms. The number of hydrogen-bond acceptors (Lipinski definition) is 5. The summed E-state index contributed by atoms with van der Waals surface area (Å²) in [4.78, 5) is 24.5. The number of nitriles is 1. The molecule has 154 valence electrons. The molecule has 0 aliphatic heterocycles. The number of nitrogens with one attached hydrogen (secondary N) is 1. The maximum absolute atomic E-state index is 13.7. The van der Waals surface area contributed by atoms with Crippen molar-refractivity contribution in [3.8, 4) is 17.6 Å². The van der Waals surface area contributed by atoms with E-state index in [-0.39, 0.29) is 11.3 Å². The van der Waals surface area contributed by atoms with Crippen LogP contribution in [0.4, 0.5) is 10.1 Å². The van der Waals surface area contributed by atoms with Crippen LogP contribution in [0, 0.1) is 17.1 Å². The normalized spacial score (nSPS) is 10.7. The molecule has 3 aromatic rings. The second-order valence-corrected chi connectivity index (χ2v) is 6.29.